The van der Waals surface area contributed by atoms with E-state index in [1.807, 2.05) is 61.0 Å². The average Bonchev–Trinajstić information content (AvgIpc) is 3.31. The largest absolute Gasteiger partial charge is 0.489 e. The first-order valence-corrected chi connectivity index (χ1v) is 12.9. The molecule has 1 amide bonds. The fourth-order valence-electron chi connectivity index (χ4n) is 4.30. The maximum absolute atomic E-state index is 12.9. The van der Waals surface area contributed by atoms with Gasteiger partial charge in [-0.15, -0.1) is 0 Å². The number of nitrogens with one attached hydrogen (secondary N) is 1. The summed E-state index contributed by atoms with van der Waals surface area (Å²) in [6, 6.07) is 17.0. The number of pyridine rings is 1. The van der Waals surface area contributed by atoms with Crippen LogP contribution in [0.3, 0.4) is 0 Å². The van der Waals surface area contributed by atoms with Gasteiger partial charge in [-0.1, -0.05) is 41.9 Å². The van der Waals surface area contributed by atoms with Crippen LogP contribution in [-0.2, 0) is 12.8 Å². The van der Waals surface area contributed by atoms with Crippen LogP contribution in [0.25, 0.3) is 16.9 Å². The molecular formula is C29H33ClN4O3. The first kappa shape index (κ1) is 26.7. The maximum Gasteiger partial charge on any atom is 0.251 e. The Morgan fingerprint density at radius 3 is 2.65 bits per heavy atom. The van der Waals surface area contributed by atoms with Crippen molar-refractivity contribution in [3.8, 4) is 17.0 Å². The summed E-state index contributed by atoms with van der Waals surface area (Å²) in [7, 11) is 0. The van der Waals surface area contributed by atoms with Crippen LogP contribution in [0.15, 0.2) is 67.0 Å². The molecule has 2 aromatic heterocycles. The number of aliphatic hydroxyl groups is 1. The highest BCUT2D eigenvalue weighted by Crippen LogP contribution is 2.27. The number of hydrogen-bond donors (Lipinski definition) is 3. The summed E-state index contributed by atoms with van der Waals surface area (Å²) in [5.41, 5.74) is 11.2. The van der Waals surface area contributed by atoms with Crippen LogP contribution >= 0.6 is 11.6 Å². The van der Waals surface area contributed by atoms with Crippen molar-refractivity contribution in [2.75, 3.05) is 13.2 Å². The van der Waals surface area contributed by atoms with Gasteiger partial charge < -0.3 is 25.3 Å². The average molecular weight is 521 g/mol. The van der Waals surface area contributed by atoms with Crippen molar-refractivity contribution in [3.63, 3.8) is 0 Å². The summed E-state index contributed by atoms with van der Waals surface area (Å²) in [6.45, 7) is 4.38. The van der Waals surface area contributed by atoms with Crippen molar-refractivity contribution in [1.82, 2.24) is 14.7 Å². The fourth-order valence-corrected chi connectivity index (χ4v) is 4.52. The second-order valence-electron chi connectivity index (χ2n) is 9.32. The third-order valence-electron chi connectivity index (χ3n) is 6.08. The first-order valence-electron chi connectivity index (χ1n) is 12.5. The van der Waals surface area contributed by atoms with Gasteiger partial charge in [0, 0.05) is 36.2 Å². The van der Waals surface area contributed by atoms with E-state index in [2.05, 4.69) is 11.4 Å². The highest BCUT2D eigenvalue weighted by atomic mass is 35.5. The van der Waals surface area contributed by atoms with Crippen LogP contribution in [0, 0.1) is 0 Å². The number of fused-ring (bicyclic) bond motifs is 1. The van der Waals surface area contributed by atoms with E-state index in [1.165, 1.54) is 0 Å². The Morgan fingerprint density at radius 1 is 1.19 bits per heavy atom. The summed E-state index contributed by atoms with van der Waals surface area (Å²) in [5, 5.41) is 13.0. The van der Waals surface area contributed by atoms with Crippen LogP contribution in [0.5, 0.6) is 5.75 Å². The molecule has 0 aliphatic rings. The van der Waals surface area contributed by atoms with E-state index in [0.29, 0.717) is 35.7 Å². The maximum atomic E-state index is 12.9. The van der Waals surface area contributed by atoms with Gasteiger partial charge in [0.2, 0.25) is 0 Å². The van der Waals surface area contributed by atoms with Gasteiger partial charge in [-0.3, -0.25) is 4.79 Å². The van der Waals surface area contributed by atoms with E-state index < -0.39 is 0 Å². The molecule has 0 saturated carbocycles. The van der Waals surface area contributed by atoms with Crippen LogP contribution in [0.4, 0.5) is 0 Å². The van der Waals surface area contributed by atoms with Gasteiger partial charge >= 0.3 is 0 Å². The molecule has 0 aliphatic heterocycles. The molecule has 7 nitrogen and oxygen atoms in total. The number of nitrogens with zero attached hydrogens (tertiary/aromatic N) is 2. The number of aromatic nitrogens is 2. The molecule has 194 valence electrons. The molecule has 0 saturated heterocycles. The number of halogens is 1. The lowest BCUT2D eigenvalue weighted by atomic mass is 10.0. The highest BCUT2D eigenvalue weighted by Gasteiger charge is 2.16. The van der Waals surface area contributed by atoms with E-state index in [0.717, 1.165) is 34.5 Å². The molecule has 0 fully saturated rings. The Labute approximate surface area is 222 Å². The second-order valence-corrected chi connectivity index (χ2v) is 9.73. The second kappa shape index (κ2) is 12.2. The zero-order valence-corrected chi connectivity index (χ0v) is 21.9. The molecule has 0 spiro atoms. The van der Waals surface area contributed by atoms with Crippen molar-refractivity contribution < 1.29 is 14.6 Å². The third-order valence-corrected chi connectivity index (χ3v) is 6.37. The zero-order valence-electron chi connectivity index (χ0n) is 21.2. The molecule has 4 N–H and O–H groups in total. The van der Waals surface area contributed by atoms with Gasteiger partial charge in [-0.25, -0.2) is 4.98 Å². The minimum Gasteiger partial charge on any atom is -0.489 e. The number of carbonyl (C=O) groups is 1. The van der Waals surface area contributed by atoms with Gasteiger partial charge in [-0.05, 0) is 75.0 Å². The molecule has 2 aromatic carbocycles. The van der Waals surface area contributed by atoms with Crippen LogP contribution < -0.4 is 15.8 Å². The van der Waals surface area contributed by atoms with Crippen LogP contribution in [-0.4, -0.2) is 45.7 Å². The summed E-state index contributed by atoms with van der Waals surface area (Å²) in [4.78, 5) is 17.7. The van der Waals surface area contributed by atoms with Gasteiger partial charge in [0.15, 0.2) is 0 Å². The van der Waals surface area contributed by atoms with Crippen molar-refractivity contribution >= 4 is 23.2 Å². The quantitative estimate of drug-likeness (QED) is 0.267. The number of carbonyl (C=O) groups excluding carboxylic acids is 1. The summed E-state index contributed by atoms with van der Waals surface area (Å²) >= 11 is 6.30. The monoisotopic (exact) mass is 520 g/mol. The minimum absolute atomic E-state index is 0.0150. The minimum atomic E-state index is -0.244. The summed E-state index contributed by atoms with van der Waals surface area (Å²) in [5.74, 6) is 0.299. The smallest absolute Gasteiger partial charge is 0.251 e. The predicted molar refractivity (Wildman–Crippen MR) is 147 cm³/mol. The molecule has 1 atom stereocenters. The zero-order chi connectivity index (χ0) is 26.4. The summed E-state index contributed by atoms with van der Waals surface area (Å²) in [6.07, 6.45) is 5.79. The molecule has 8 heteroatoms. The molecule has 4 rings (SSSR count). The topological polar surface area (TPSA) is 102 Å². The SMILES string of the molecule is CC(C)Oc1ccc(C(=O)N[C@H](CCO)Cc2ccc(-c3cn4cccc(CCN)c4n3)cc2)cc1Cl. The number of nitrogens with two attached hydrogens (primary N) is 1. The number of ether oxygens (including phenoxy) is 1. The lowest BCUT2D eigenvalue weighted by Crippen LogP contribution is -2.37. The van der Waals surface area contributed by atoms with Gasteiger partial charge in [0.1, 0.15) is 11.4 Å². The Hall–Kier alpha value is -3.39. The lowest BCUT2D eigenvalue weighted by Gasteiger charge is -2.19. The van der Waals surface area contributed by atoms with E-state index >= 15 is 0 Å². The van der Waals surface area contributed by atoms with E-state index in [-0.39, 0.29) is 24.7 Å². The van der Waals surface area contributed by atoms with Crippen LogP contribution in [0.1, 0.15) is 41.8 Å². The fraction of sp³-hybridized carbons (Fsp3) is 0.310. The van der Waals surface area contributed by atoms with Crippen molar-refractivity contribution in [1.29, 1.82) is 0 Å². The number of amides is 1. The third kappa shape index (κ3) is 6.68. The molecule has 4 aromatic rings. The van der Waals surface area contributed by atoms with E-state index in [1.54, 1.807) is 18.2 Å². The molecule has 37 heavy (non-hydrogen) atoms. The normalized spacial score (nSPS) is 12.2. The van der Waals surface area contributed by atoms with Crippen molar-refractivity contribution in [2.24, 2.45) is 5.73 Å². The molecule has 0 radical (unpaired) electrons. The molecular weight excluding hydrogens is 488 g/mol. The van der Waals surface area contributed by atoms with Gasteiger partial charge in [0.25, 0.3) is 5.91 Å². The van der Waals surface area contributed by atoms with Gasteiger partial charge in [-0.2, -0.15) is 0 Å². The Bertz CT molecular complexity index is 1350. The summed E-state index contributed by atoms with van der Waals surface area (Å²) < 4.78 is 7.67. The number of aliphatic hydroxyl groups excluding tert-OH is 1. The number of hydrogen-bond acceptors (Lipinski definition) is 5. The molecule has 0 aliphatic carbocycles. The van der Waals surface area contributed by atoms with Gasteiger partial charge in [0.05, 0.1) is 16.8 Å². The molecule has 0 bridgehead atoms. The Morgan fingerprint density at radius 2 is 1.97 bits per heavy atom. The first-order chi connectivity index (χ1) is 17.9. The Balaban J connectivity index is 1.45. The number of imidazole rings is 1. The highest BCUT2D eigenvalue weighted by molar-refractivity contribution is 6.32. The molecule has 0 unspecified atom stereocenters. The lowest BCUT2D eigenvalue weighted by molar-refractivity contribution is 0.0930. The van der Waals surface area contributed by atoms with E-state index in [9.17, 15) is 9.90 Å². The van der Waals surface area contributed by atoms with Crippen molar-refractivity contribution in [2.45, 2.75) is 45.3 Å². The van der Waals surface area contributed by atoms with Crippen LogP contribution in [0.2, 0.25) is 5.02 Å². The molecule has 2 heterocycles. The predicted octanol–water partition coefficient (Wildman–Crippen LogP) is 4.67. The Kier molecular flexibility index (Phi) is 8.82. The standard InChI is InChI=1S/C29H33ClN4O3/c1-19(2)37-27-10-9-23(17-25(27)30)29(36)32-24(12-15-35)16-20-5-7-21(8-6-20)26-18-34-14-3-4-22(11-13-31)28(34)33-26/h3-10,14,17-19,24,35H,11-13,15-16,31H2,1-2H3,(H,32,36)/t24-/m1/s1. The van der Waals surface area contributed by atoms with E-state index in [4.69, 9.17) is 27.1 Å². The number of rotatable bonds is 11. The number of benzene rings is 2. The van der Waals surface area contributed by atoms with Crippen molar-refractivity contribution in [3.05, 3.63) is 88.7 Å².